The van der Waals surface area contributed by atoms with E-state index >= 15 is 0 Å². The number of aromatic nitrogens is 1. The van der Waals surface area contributed by atoms with E-state index in [1.54, 1.807) is 18.2 Å². The van der Waals surface area contributed by atoms with Crippen molar-refractivity contribution >= 4 is 17.6 Å². The summed E-state index contributed by atoms with van der Waals surface area (Å²) < 4.78 is 30.5. The second kappa shape index (κ2) is 13.5. The fourth-order valence-electron chi connectivity index (χ4n) is 5.24. The number of nitrogens with zero attached hydrogens (tertiary/aromatic N) is 1. The number of halogens is 2. The average Bonchev–Trinajstić information content (AvgIpc) is 3.29. The van der Waals surface area contributed by atoms with Gasteiger partial charge in [0.15, 0.2) is 0 Å². The van der Waals surface area contributed by atoms with Crippen molar-refractivity contribution in [1.29, 1.82) is 0 Å². The highest BCUT2D eigenvalue weighted by molar-refractivity contribution is 6.12. The van der Waals surface area contributed by atoms with Gasteiger partial charge >= 0.3 is 5.97 Å². The number of aliphatic hydroxyl groups excluding tert-OH is 2. The lowest BCUT2D eigenvalue weighted by atomic mass is 9.94. The summed E-state index contributed by atoms with van der Waals surface area (Å²) in [6.45, 7) is 4.04. The van der Waals surface area contributed by atoms with E-state index in [1.807, 2.05) is 48.7 Å². The van der Waals surface area contributed by atoms with Gasteiger partial charge in [0.2, 0.25) is 0 Å². The highest BCUT2D eigenvalue weighted by Gasteiger charge is 2.31. The molecule has 4 N–H and O–H groups in total. The first-order valence-electron chi connectivity index (χ1n) is 13.8. The van der Waals surface area contributed by atoms with Gasteiger partial charge in [-0.05, 0) is 66.3 Å². The highest BCUT2D eigenvalue weighted by Crippen LogP contribution is 2.42. The van der Waals surface area contributed by atoms with Crippen LogP contribution in [-0.2, 0) is 11.3 Å². The van der Waals surface area contributed by atoms with Crippen LogP contribution in [0.15, 0.2) is 78.9 Å². The maximum Gasteiger partial charge on any atom is 0.305 e. The lowest BCUT2D eigenvalue weighted by Gasteiger charge is -2.20. The SMILES string of the molecule is CC(C)c1c(C(=O)Nc2ccccc2F)c(-c2ccccc2)c(-c2ccc(F)cc2)n1CCC(O)CC(O)CC(=O)O. The Balaban J connectivity index is 1.91. The summed E-state index contributed by atoms with van der Waals surface area (Å²) in [6.07, 6.45) is -2.73. The lowest BCUT2D eigenvalue weighted by molar-refractivity contribution is -0.139. The molecule has 42 heavy (non-hydrogen) atoms. The molecule has 0 bridgehead atoms. The number of carboxylic acid groups (broad SMARTS) is 1. The molecule has 0 aliphatic carbocycles. The summed E-state index contributed by atoms with van der Waals surface area (Å²) in [5.41, 5.74) is 3.49. The topological polar surface area (TPSA) is 112 Å². The van der Waals surface area contributed by atoms with Crippen LogP contribution in [0.25, 0.3) is 22.4 Å². The number of carboxylic acids is 1. The minimum Gasteiger partial charge on any atom is -0.481 e. The summed E-state index contributed by atoms with van der Waals surface area (Å²) in [5.74, 6) is -2.92. The largest absolute Gasteiger partial charge is 0.481 e. The van der Waals surface area contributed by atoms with E-state index in [2.05, 4.69) is 5.32 Å². The Labute approximate surface area is 243 Å². The molecule has 0 radical (unpaired) electrons. The first-order chi connectivity index (χ1) is 20.1. The monoisotopic (exact) mass is 576 g/mol. The Bertz CT molecular complexity index is 1530. The number of hydrogen-bond donors (Lipinski definition) is 4. The normalized spacial score (nSPS) is 12.7. The first-order valence-corrected chi connectivity index (χ1v) is 13.8. The molecule has 7 nitrogen and oxygen atoms in total. The van der Waals surface area contributed by atoms with Crippen molar-refractivity contribution in [2.24, 2.45) is 0 Å². The number of para-hydroxylation sites is 1. The molecule has 0 saturated heterocycles. The summed E-state index contributed by atoms with van der Waals surface area (Å²) in [4.78, 5) is 25.0. The molecular weight excluding hydrogens is 542 g/mol. The Morgan fingerprint density at radius 2 is 1.50 bits per heavy atom. The number of benzene rings is 3. The third-order valence-electron chi connectivity index (χ3n) is 7.02. The Hall–Kier alpha value is -4.34. The van der Waals surface area contributed by atoms with Crippen molar-refractivity contribution in [1.82, 2.24) is 4.57 Å². The van der Waals surface area contributed by atoms with E-state index in [-0.39, 0.29) is 31.0 Å². The molecule has 1 aromatic heterocycles. The first kappa shape index (κ1) is 30.6. The smallest absolute Gasteiger partial charge is 0.305 e. The van der Waals surface area contributed by atoms with Crippen molar-refractivity contribution in [3.05, 3.63) is 102 Å². The van der Waals surface area contributed by atoms with Crippen LogP contribution in [-0.4, -0.2) is 44.0 Å². The standard InChI is InChI=1S/C33H34F2N2O5/c1-20(2)31-30(33(42)36-27-11-7-6-10-26(27)35)29(21-8-4-3-5-9-21)32(22-12-14-23(34)15-13-22)37(31)17-16-24(38)18-25(39)19-28(40)41/h3-15,20,24-25,38-39H,16-19H2,1-2H3,(H,36,42)(H,40,41). The van der Waals surface area contributed by atoms with E-state index in [0.717, 1.165) is 0 Å². The zero-order valence-electron chi connectivity index (χ0n) is 23.4. The van der Waals surface area contributed by atoms with Gasteiger partial charge < -0.3 is 25.2 Å². The van der Waals surface area contributed by atoms with Gasteiger partial charge in [-0.15, -0.1) is 0 Å². The molecule has 4 rings (SSSR count). The lowest BCUT2D eigenvalue weighted by Crippen LogP contribution is -2.22. The molecule has 3 aromatic carbocycles. The number of aliphatic hydroxyl groups is 2. The number of carbonyl (C=O) groups is 2. The van der Waals surface area contributed by atoms with Gasteiger partial charge in [-0.2, -0.15) is 0 Å². The molecule has 2 atom stereocenters. The molecule has 0 spiro atoms. The Morgan fingerprint density at radius 3 is 2.12 bits per heavy atom. The third-order valence-corrected chi connectivity index (χ3v) is 7.02. The fourth-order valence-corrected chi connectivity index (χ4v) is 5.24. The van der Waals surface area contributed by atoms with Crippen LogP contribution in [0.1, 0.15) is 55.1 Å². The molecule has 0 saturated carbocycles. The maximum atomic E-state index is 14.6. The van der Waals surface area contributed by atoms with Gasteiger partial charge in [-0.25, -0.2) is 8.78 Å². The van der Waals surface area contributed by atoms with E-state index in [1.165, 1.54) is 30.3 Å². The van der Waals surface area contributed by atoms with Gasteiger partial charge in [0.1, 0.15) is 11.6 Å². The van der Waals surface area contributed by atoms with Crippen LogP contribution in [0.4, 0.5) is 14.5 Å². The number of amides is 1. The molecule has 2 unspecified atom stereocenters. The number of hydrogen-bond acceptors (Lipinski definition) is 4. The minimum absolute atomic E-state index is 0.0233. The van der Waals surface area contributed by atoms with E-state index in [0.29, 0.717) is 33.6 Å². The van der Waals surface area contributed by atoms with E-state index in [9.17, 15) is 28.6 Å². The summed E-state index contributed by atoms with van der Waals surface area (Å²) in [5, 5.41) is 32.4. The fraction of sp³-hybridized carbons (Fsp3) is 0.273. The zero-order valence-corrected chi connectivity index (χ0v) is 23.4. The Morgan fingerprint density at radius 1 is 0.857 bits per heavy atom. The third kappa shape index (κ3) is 7.10. The average molecular weight is 577 g/mol. The van der Waals surface area contributed by atoms with E-state index in [4.69, 9.17) is 5.11 Å². The van der Waals surface area contributed by atoms with Crippen LogP contribution in [0, 0.1) is 11.6 Å². The van der Waals surface area contributed by atoms with Crippen LogP contribution >= 0.6 is 0 Å². The van der Waals surface area contributed by atoms with Gasteiger partial charge in [-0.3, -0.25) is 9.59 Å². The molecule has 220 valence electrons. The van der Waals surface area contributed by atoms with Crippen molar-refractivity contribution in [2.45, 2.75) is 57.8 Å². The van der Waals surface area contributed by atoms with Gasteiger partial charge in [-0.1, -0.05) is 56.3 Å². The van der Waals surface area contributed by atoms with Gasteiger partial charge in [0.05, 0.1) is 35.6 Å². The second-order valence-corrected chi connectivity index (χ2v) is 10.5. The van der Waals surface area contributed by atoms with Gasteiger partial charge in [0.25, 0.3) is 5.91 Å². The highest BCUT2D eigenvalue weighted by atomic mass is 19.1. The van der Waals surface area contributed by atoms with Crippen LogP contribution in [0.2, 0.25) is 0 Å². The van der Waals surface area contributed by atoms with Crippen LogP contribution in [0.3, 0.4) is 0 Å². The molecule has 1 heterocycles. The zero-order chi connectivity index (χ0) is 30.4. The van der Waals surface area contributed by atoms with Crippen LogP contribution < -0.4 is 5.32 Å². The number of rotatable bonds is 12. The summed E-state index contributed by atoms with van der Waals surface area (Å²) >= 11 is 0. The van der Waals surface area contributed by atoms with Crippen molar-refractivity contribution in [3.63, 3.8) is 0 Å². The predicted molar refractivity (Wildman–Crippen MR) is 157 cm³/mol. The van der Waals surface area contributed by atoms with Crippen molar-refractivity contribution in [3.8, 4) is 22.4 Å². The summed E-state index contributed by atoms with van der Waals surface area (Å²) in [7, 11) is 0. The number of carbonyl (C=O) groups excluding carboxylic acids is 1. The summed E-state index contributed by atoms with van der Waals surface area (Å²) in [6, 6.07) is 21.0. The number of nitrogens with one attached hydrogen (secondary N) is 1. The van der Waals surface area contributed by atoms with Crippen molar-refractivity contribution in [2.75, 3.05) is 5.32 Å². The maximum absolute atomic E-state index is 14.6. The Kier molecular flexibility index (Phi) is 9.88. The van der Waals surface area contributed by atoms with Crippen LogP contribution in [0.5, 0.6) is 0 Å². The predicted octanol–water partition coefficient (Wildman–Crippen LogP) is 6.45. The molecule has 4 aromatic rings. The quantitative estimate of drug-likeness (QED) is 0.155. The van der Waals surface area contributed by atoms with E-state index < -0.39 is 42.1 Å². The second-order valence-electron chi connectivity index (χ2n) is 10.5. The van der Waals surface area contributed by atoms with Crippen molar-refractivity contribution < 1.29 is 33.7 Å². The molecule has 9 heteroatoms. The molecule has 0 fully saturated rings. The molecule has 0 aliphatic rings. The number of aliphatic carboxylic acids is 1. The molecular formula is C33H34F2N2O5. The van der Waals surface area contributed by atoms with Gasteiger partial charge in [0, 0.05) is 17.8 Å². The molecule has 1 amide bonds. The molecule has 0 aliphatic heterocycles. The number of anilines is 1. The minimum atomic E-state index is -1.22.